The Morgan fingerprint density at radius 3 is 2.29 bits per heavy atom. The lowest BCUT2D eigenvalue weighted by Crippen LogP contribution is -2.36. The minimum absolute atomic E-state index is 0.197. The molecule has 0 unspecified atom stereocenters. The molecule has 14 heavy (non-hydrogen) atoms. The fourth-order valence-corrected chi connectivity index (χ4v) is 0.476. The van der Waals surface area contributed by atoms with E-state index >= 15 is 0 Å². The fraction of sp³-hybridized carbons (Fsp3) is 0.625. The highest BCUT2D eigenvalue weighted by Crippen LogP contribution is 2.37. The first-order valence-corrected chi connectivity index (χ1v) is 3.86. The number of hydrogen-bond donors (Lipinski definition) is 2. The molecular weight excluding hydrogens is 197 g/mol. The summed E-state index contributed by atoms with van der Waals surface area (Å²) in [7, 11) is 0. The van der Waals surface area contributed by atoms with Crippen molar-refractivity contribution in [2.45, 2.75) is 20.0 Å². The molecule has 0 fully saturated rings. The van der Waals surface area contributed by atoms with Crippen LogP contribution >= 0.6 is 0 Å². The molecule has 0 aromatic rings. The zero-order valence-corrected chi connectivity index (χ0v) is 7.98. The van der Waals surface area contributed by atoms with E-state index in [9.17, 15) is 13.2 Å². The van der Waals surface area contributed by atoms with E-state index in [-0.39, 0.29) is 5.88 Å². The van der Waals surface area contributed by atoms with Crippen molar-refractivity contribution < 1.29 is 17.9 Å². The quantitative estimate of drug-likeness (QED) is 0.551. The summed E-state index contributed by atoms with van der Waals surface area (Å²) in [5.74, 6) is -0.197. The smallest absolute Gasteiger partial charge is 0.397 e. The van der Waals surface area contributed by atoms with E-state index in [2.05, 4.69) is 4.74 Å². The fourth-order valence-electron chi connectivity index (χ4n) is 0.476. The first-order chi connectivity index (χ1) is 6.20. The van der Waals surface area contributed by atoms with Crippen molar-refractivity contribution in [3.05, 3.63) is 12.0 Å². The minimum atomic E-state index is -4.34. The summed E-state index contributed by atoms with van der Waals surface area (Å²) in [5.41, 5.74) is 3.20. The van der Waals surface area contributed by atoms with Gasteiger partial charge in [0.2, 0.25) is 0 Å². The van der Waals surface area contributed by atoms with Crippen LogP contribution in [-0.4, -0.2) is 19.0 Å². The Balaban J connectivity index is 4.26. The molecule has 82 valence electrons. The lowest BCUT2D eigenvalue weighted by molar-refractivity contribution is -0.223. The van der Waals surface area contributed by atoms with Gasteiger partial charge < -0.3 is 15.9 Å². The van der Waals surface area contributed by atoms with E-state index in [1.165, 1.54) is 0 Å². The highest BCUT2D eigenvalue weighted by atomic mass is 19.4. The minimum Gasteiger partial charge on any atom is -0.478 e. The standard InChI is InChI=1S/C8H13F3N2O/c1-7(2,8(9,10)11)5-14-6(13)3-4-12/h3-4,12H,5,13H2,1-2H3. The van der Waals surface area contributed by atoms with Crippen LogP contribution in [-0.2, 0) is 4.74 Å². The molecule has 0 heterocycles. The van der Waals surface area contributed by atoms with Gasteiger partial charge in [-0.25, -0.2) is 0 Å². The molecule has 0 aliphatic rings. The van der Waals surface area contributed by atoms with E-state index < -0.39 is 18.2 Å². The number of nitrogens with one attached hydrogen (secondary N) is 1. The maximum atomic E-state index is 12.3. The number of alkyl halides is 3. The van der Waals surface area contributed by atoms with Crippen molar-refractivity contribution in [3.63, 3.8) is 0 Å². The average molecular weight is 210 g/mol. The molecule has 0 amide bonds. The van der Waals surface area contributed by atoms with E-state index in [0.29, 0.717) is 0 Å². The number of ether oxygens (including phenoxy) is 1. The van der Waals surface area contributed by atoms with Crippen LogP contribution in [0, 0.1) is 10.8 Å². The lowest BCUT2D eigenvalue weighted by atomic mass is 9.94. The number of nitrogens with two attached hydrogens (primary N) is 1. The van der Waals surface area contributed by atoms with Gasteiger partial charge >= 0.3 is 6.18 Å². The molecular formula is C8H13F3N2O. The normalized spacial score (nSPS) is 13.9. The summed E-state index contributed by atoms with van der Waals surface area (Å²) in [4.78, 5) is 0. The SMILES string of the molecule is CC(C)(COC(N)=CC=N)C(F)(F)F. The van der Waals surface area contributed by atoms with Gasteiger partial charge in [0.05, 0.1) is 5.41 Å². The second kappa shape index (κ2) is 4.34. The van der Waals surface area contributed by atoms with Crippen molar-refractivity contribution in [1.29, 1.82) is 5.41 Å². The topological polar surface area (TPSA) is 59.1 Å². The molecule has 0 aliphatic carbocycles. The second-order valence-corrected chi connectivity index (χ2v) is 3.41. The Morgan fingerprint density at radius 2 is 1.93 bits per heavy atom. The van der Waals surface area contributed by atoms with Crippen LogP contribution in [0.2, 0.25) is 0 Å². The highest BCUT2D eigenvalue weighted by molar-refractivity contribution is 5.68. The van der Waals surface area contributed by atoms with Gasteiger partial charge in [-0.05, 0) is 13.8 Å². The lowest BCUT2D eigenvalue weighted by Gasteiger charge is -2.27. The van der Waals surface area contributed by atoms with Crippen LogP contribution in [0.25, 0.3) is 0 Å². The van der Waals surface area contributed by atoms with Gasteiger partial charge in [-0.15, -0.1) is 0 Å². The predicted octanol–water partition coefficient (Wildman–Crippen LogP) is 2.04. The number of rotatable bonds is 4. The monoisotopic (exact) mass is 210 g/mol. The van der Waals surface area contributed by atoms with Gasteiger partial charge in [0, 0.05) is 12.3 Å². The van der Waals surface area contributed by atoms with Crippen molar-refractivity contribution >= 4 is 6.21 Å². The Labute approximate surface area is 80.2 Å². The third-order valence-electron chi connectivity index (χ3n) is 1.61. The molecule has 6 heteroatoms. The third-order valence-corrected chi connectivity index (χ3v) is 1.61. The molecule has 0 spiro atoms. The summed E-state index contributed by atoms with van der Waals surface area (Å²) in [6, 6.07) is 0. The van der Waals surface area contributed by atoms with Crippen LogP contribution < -0.4 is 5.73 Å². The van der Waals surface area contributed by atoms with Crippen molar-refractivity contribution in [2.24, 2.45) is 11.1 Å². The Morgan fingerprint density at radius 1 is 1.43 bits per heavy atom. The Bertz CT molecular complexity index is 233. The zero-order chi connectivity index (χ0) is 11.4. The molecule has 0 saturated carbocycles. The van der Waals surface area contributed by atoms with E-state index in [1.807, 2.05) is 0 Å². The molecule has 0 saturated heterocycles. The van der Waals surface area contributed by atoms with Crippen LogP contribution in [0.15, 0.2) is 12.0 Å². The Kier molecular flexibility index (Phi) is 3.97. The van der Waals surface area contributed by atoms with Crippen LogP contribution in [0.4, 0.5) is 13.2 Å². The van der Waals surface area contributed by atoms with Gasteiger partial charge in [0.1, 0.15) is 6.61 Å². The molecule has 0 aromatic heterocycles. The van der Waals surface area contributed by atoms with Crippen LogP contribution in [0.5, 0.6) is 0 Å². The van der Waals surface area contributed by atoms with Crippen molar-refractivity contribution in [2.75, 3.05) is 6.61 Å². The summed E-state index contributed by atoms with van der Waals surface area (Å²) in [5, 5.41) is 6.61. The number of hydrogen-bond acceptors (Lipinski definition) is 3. The molecule has 3 nitrogen and oxygen atoms in total. The maximum Gasteiger partial charge on any atom is 0.397 e. The van der Waals surface area contributed by atoms with Gasteiger partial charge in [-0.3, -0.25) is 0 Å². The molecule has 3 N–H and O–H groups in total. The molecule has 0 aliphatic heterocycles. The maximum absolute atomic E-state index is 12.3. The summed E-state index contributed by atoms with van der Waals surface area (Å²) < 4.78 is 41.5. The number of halogens is 3. The number of allylic oxidation sites excluding steroid dienone is 1. The summed E-state index contributed by atoms with van der Waals surface area (Å²) in [6.07, 6.45) is -2.42. The van der Waals surface area contributed by atoms with E-state index in [4.69, 9.17) is 11.1 Å². The van der Waals surface area contributed by atoms with E-state index in [0.717, 1.165) is 26.1 Å². The van der Waals surface area contributed by atoms with Crippen molar-refractivity contribution in [1.82, 2.24) is 0 Å². The van der Waals surface area contributed by atoms with Gasteiger partial charge in [0.25, 0.3) is 0 Å². The third kappa shape index (κ3) is 3.68. The van der Waals surface area contributed by atoms with E-state index in [1.54, 1.807) is 0 Å². The summed E-state index contributed by atoms with van der Waals surface area (Å²) in [6.45, 7) is 1.47. The van der Waals surface area contributed by atoms with Crippen molar-refractivity contribution in [3.8, 4) is 0 Å². The van der Waals surface area contributed by atoms with Gasteiger partial charge in [-0.1, -0.05) is 0 Å². The summed E-state index contributed by atoms with van der Waals surface area (Å²) >= 11 is 0. The molecule has 0 rings (SSSR count). The predicted molar refractivity (Wildman–Crippen MR) is 46.8 cm³/mol. The highest BCUT2D eigenvalue weighted by Gasteiger charge is 2.47. The van der Waals surface area contributed by atoms with Crippen LogP contribution in [0.3, 0.4) is 0 Å². The Hall–Kier alpha value is -1.20. The second-order valence-electron chi connectivity index (χ2n) is 3.41. The van der Waals surface area contributed by atoms with Gasteiger partial charge in [-0.2, -0.15) is 13.2 Å². The first-order valence-electron chi connectivity index (χ1n) is 3.86. The molecule has 0 bridgehead atoms. The zero-order valence-electron chi connectivity index (χ0n) is 7.98. The molecule has 0 radical (unpaired) electrons. The van der Waals surface area contributed by atoms with Gasteiger partial charge in [0.15, 0.2) is 5.88 Å². The molecule has 0 aromatic carbocycles. The molecule has 0 atom stereocenters. The first kappa shape index (κ1) is 12.8. The largest absolute Gasteiger partial charge is 0.478 e. The average Bonchev–Trinajstić information content (AvgIpc) is 1.99. The van der Waals surface area contributed by atoms with Crippen LogP contribution in [0.1, 0.15) is 13.8 Å².